The van der Waals surface area contributed by atoms with Crippen LogP contribution in [0.15, 0.2) is 77.7 Å². The second-order valence-corrected chi connectivity index (χ2v) is 12.6. The van der Waals surface area contributed by atoms with Crippen molar-refractivity contribution < 1.29 is 23.8 Å². The van der Waals surface area contributed by atoms with Gasteiger partial charge in [0.05, 0.1) is 18.1 Å². The fourth-order valence-corrected chi connectivity index (χ4v) is 5.74. The van der Waals surface area contributed by atoms with Crippen LogP contribution in [0.4, 0.5) is 0 Å². The summed E-state index contributed by atoms with van der Waals surface area (Å²) in [6.07, 6.45) is 2.44. The van der Waals surface area contributed by atoms with Gasteiger partial charge in [0.25, 0.3) is 5.91 Å². The van der Waals surface area contributed by atoms with E-state index >= 15 is 0 Å². The van der Waals surface area contributed by atoms with Gasteiger partial charge in [0.15, 0.2) is 17.5 Å². The number of thioether (sulfide) groups is 1. The van der Waals surface area contributed by atoms with E-state index in [0.717, 1.165) is 22.9 Å². The van der Waals surface area contributed by atoms with E-state index in [0.29, 0.717) is 45.9 Å². The van der Waals surface area contributed by atoms with Gasteiger partial charge >= 0.3 is 5.97 Å². The molecule has 1 fully saturated rings. The Morgan fingerprint density at radius 3 is 2.33 bits per heavy atom. The van der Waals surface area contributed by atoms with Crippen molar-refractivity contribution in [3.63, 3.8) is 0 Å². The van der Waals surface area contributed by atoms with Gasteiger partial charge in [0.2, 0.25) is 0 Å². The Hall–Kier alpha value is -3.62. The van der Waals surface area contributed by atoms with Crippen molar-refractivity contribution in [2.45, 2.75) is 59.1 Å². The molecule has 4 rings (SSSR count). The van der Waals surface area contributed by atoms with Gasteiger partial charge in [-0.05, 0) is 59.2 Å². The highest BCUT2D eigenvalue weighted by atomic mass is 32.2. The predicted molar refractivity (Wildman–Crippen MR) is 173 cm³/mol. The Kier molecular flexibility index (Phi) is 10.5. The Labute approximate surface area is 258 Å². The molecule has 0 N–H and O–H groups in total. The lowest BCUT2D eigenvalue weighted by Gasteiger charge is -2.25. The van der Waals surface area contributed by atoms with Crippen molar-refractivity contribution in [2.24, 2.45) is 0 Å². The highest BCUT2D eigenvalue weighted by molar-refractivity contribution is 8.26. The maximum absolute atomic E-state index is 13.6. The number of ether oxygens (including phenoxy) is 3. The van der Waals surface area contributed by atoms with E-state index in [4.69, 9.17) is 26.4 Å². The Morgan fingerprint density at radius 1 is 0.976 bits per heavy atom. The quantitative estimate of drug-likeness (QED) is 0.126. The molecule has 0 saturated carbocycles. The summed E-state index contributed by atoms with van der Waals surface area (Å²) >= 11 is 6.75. The van der Waals surface area contributed by atoms with E-state index in [2.05, 4.69) is 45.0 Å². The molecule has 0 radical (unpaired) electrons. The summed E-state index contributed by atoms with van der Waals surface area (Å²) in [5.41, 5.74) is 3.81. The van der Waals surface area contributed by atoms with Gasteiger partial charge in [0, 0.05) is 0 Å². The van der Waals surface area contributed by atoms with Gasteiger partial charge in [-0.3, -0.25) is 9.69 Å². The minimum Gasteiger partial charge on any atom is -0.490 e. The van der Waals surface area contributed by atoms with E-state index < -0.39 is 12.0 Å². The van der Waals surface area contributed by atoms with E-state index in [1.165, 1.54) is 10.5 Å². The molecule has 1 aliphatic heterocycles. The summed E-state index contributed by atoms with van der Waals surface area (Å²) in [7, 11) is 0. The predicted octanol–water partition coefficient (Wildman–Crippen LogP) is 7.86. The highest BCUT2D eigenvalue weighted by Gasteiger charge is 2.42. The number of carbonyl (C=O) groups excluding carboxylic acids is 2. The molecule has 6 nitrogen and oxygen atoms in total. The van der Waals surface area contributed by atoms with Crippen LogP contribution in [0.5, 0.6) is 11.5 Å². The Morgan fingerprint density at radius 2 is 1.69 bits per heavy atom. The highest BCUT2D eigenvalue weighted by Crippen LogP contribution is 2.40. The first-order chi connectivity index (χ1) is 20.1. The second kappa shape index (κ2) is 14.0. The van der Waals surface area contributed by atoms with E-state index in [1.54, 1.807) is 18.2 Å². The molecule has 1 aliphatic rings. The van der Waals surface area contributed by atoms with Crippen molar-refractivity contribution in [2.75, 3.05) is 13.2 Å². The third-order valence-electron chi connectivity index (χ3n) is 6.65. The van der Waals surface area contributed by atoms with Crippen molar-refractivity contribution in [1.82, 2.24) is 4.90 Å². The fourth-order valence-electron chi connectivity index (χ4n) is 4.43. The van der Waals surface area contributed by atoms with Gasteiger partial charge in [0.1, 0.15) is 10.9 Å². The number of hydrogen-bond donors (Lipinski definition) is 0. The van der Waals surface area contributed by atoms with Crippen LogP contribution in [0.3, 0.4) is 0 Å². The molecular formula is C34H37NO5S2. The van der Waals surface area contributed by atoms with E-state index in [9.17, 15) is 9.59 Å². The molecule has 220 valence electrons. The largest absolute Gasteiger partial charge is 0.490 e. The summed E-state index contributed by atoms with van der Waals surface area (Å²) in [5.74, 6) is 0.348. The first kappa shape index (κ1) is 31.3. The van der Waals surface area contributed by atoms with Crippen molar-refractivity contribution in [3.8, 4) is 11.5 Å². The summed E-state index contributed by atoms with van der Waals surface area (Å²) in [5, 5.41) is 0. The maximum atomic E-state index is 13.6. The minimum absolute atomic E-state index is 0.0897. The standard InChI is InChI=1S/C34H37NO5S2/c1-6-19-39-32(37)30(25-11-9-8-10-12-25)35-31(36)29(42-33(35)41)21-24-15-18-27(28(20-24)38-7-2)40-22-23-13-16-26(17-14-23)34(3,4)5/h8-18,20-21,30H,6-7,19,22H2,1-5H3/b29-21+. The van der Waals surface area contributed by atoms with Gasteiger partial charge in [-0.2, -0.15) is 0 Å². The van der Waals surface area contributed by atoms with Gasteiger partial charge in [-0.1, -0.05) is 112 Å². The molecule has 1 amide bonds. The van der Waals surface area contributed by atoms with Crippen LogP contribution >= 0.6 is 24.0 Å². The molecule has 0 spiro atoms. The number of hydrogen-bond acceptors (Lipinski definition) is 7. The minimum atomic E-state index is -0.955. The molecule has 0 bridgehead atoms. The second-order valence-electron chi connectivity index (χ2n) is 10.9. The molecule has 0 aliphatic carbocycles. The van der Waals surface area contributed by atoms with E-state index in [-0.39, 0.29) is 17.9 Å². The molecule has 1 atom stereocenters. The number of carbonyl (C=O) groups is 2. The zero-order valence-corrected chi connectivity index (χ0v) is 26.3. The molecule has 8 heteroatoms. The maximum Gasteiger partial charge on any atom is 0.333 e. The number of esters is 1. The van der Waals surface area contributed by atoms with E-state index in [1.807, 2.05) is 50.2 Å². The lowest BCUT2D eigenvalue weighted by Crippen LogP contribution is -2.38. The smallest absolute Gasteiger partial charge is 0.333 e. The topological polar surface area (TPSA) is 65.1 Å². The zero-order chi connectivity index (χ0) is 30.3. The van der Waals surface area contributed by atoms with Crippen molar-refractivity contribution in [1.29, 1.82) is 0 Å². The SMILES string of the molecule is CCCOC(=O)C(c1ccccc1)N1C(=O)/C(=C\c2ccc(OCc3ccc(C(C)(C)C)cc3)c(OCC)c2)SC1=S. The molecule has 1 unspecified atom stereocenters. The third-order valence-corrected chi connectivity index (χ3v) is 7.98. The summed E-state index contributed by atoms with van der Waals surface area (Å²) in [6.45, 7) is 11.5. The lowest BCUT2D eigenvalue weighted by molar-refractivity contribution is -0.151. The molecule has 3 aromatic carbocycles. The number of rotatable bonds is 11. The normalized spacial score (nSPS) is 15.2. The summed E-state index contributed by atoms with van der Waals surface area (Å²) in [4.78, 5) is 28.5. The molecule has 42 heavy (non-hydrogen) atoms. The molecule has 1 heterocycles. The monoisotopic (exact) mass is 603 g/mol. The van der Waals surface area contributed by atoms with Crippen molar-refractivity contribution >= 4 is 46.3 Å². The molecule has 3 aromatic rings. The fraction of sp³-hybridized carbons (Fsp3) is 0.324. The van der Waals surface area contributed by atoms with Crippen LogP contribution in [-0.2, 0) is 26.3 Å². The number of thiocarbonyl (C=S) groups is 1. The van der Waals surface area contributed by atoms with Gasteiger partial charge < -0.3 is 14.2 Å². The average molecular weight is 604 g/mol. The van der Waals surface area contributed by atoms with Crippen LogP contribution < -0.4 is 9.47 Å². The molecular weight excluding hydrogens is 567 g/mol. The first-order valence-corrected chi connectivity index (χ1v) is 15.3. The number of amides is 1. The van der Waals surface area contributed by atoms with Crippen LogP contribution in [0.25, 0.3) is 6.08 Å². The number of benzene rings is 3. The molecule has 1 saturated heterocycles. The van der Waals surface area contributed by atoms with Gasteiger partial charge in [-0.15, -0.1) is 0 Å². The average Bonchev–Trinajstić information content (AvgIpc) is 3.24. The van der Waals surface area contributed by atoms with Crippen LogP contribution in [0.2, 0.25) is 0 Å². The molecule has 0 aromatic heterocycles. The van der Waals surface area contributed by atoms with Crippen molar-refractivity contribution in [3.05, 3.63) is 100.0 Å². The van der Waals surface area contributed by atoms with Crippen LogP contribution in [-0.4, -0.2) is 34.3 Å². The third kappa shape index (κ3) is 7.61. The van der Waals surface area contributed by atoms with Crippen LogP contribution in [0, 0.1) is 0 Å². The lowest BCUT2D eigenvalue weighted by atomic mass is 9.87. The van der Waals surface area contributed by atoms with Crippen LogP contribution in [0.1, 0.15) is 69.3 Å². The summed E-state index contributed by atoms with van der Waals surface area (Å²) in [6, 6.07) is 22.1. The Bertz CT molecular complexity index is 1450. The first-order valence-electron chi connectivity index (χ1n) is 14.1. The summed E-state index contributed by atoms with van der Waals surface area (Å²) < 4.78 is 17.8. The van der Waals surface area contributed by atoms with Gasteiger partial charge in [-0.25, -0.2) is 4.79 Å². The Balaban J connectivity index is 1.55. The zero-order valence-electron chi connectivity index (χ0n) is 24.7. The number of nitrogens with zero attached hydrogens (tertiary/aromatic N) is 1.